The molecule has 0 aliphatic carbocycles. The van der Waals surface area contributed by atoms with Crippen molar-refractivity contribution >= 4 is 6.03 Å². The number of carbonyl (C=O) groups is 1. The molecule has 190 valence electrons. The lowest BCUT2D eigenvalue weighted by Crippen LogP contribution is -2.59. The molecule has 5 rings (SSSR count). The molecule has 3 heterocycles. The molecule has 0 radical (unpaired) electrons. The van der Waals surface area contributed by atoms with Gasteiger partial charge in [0.2, 0.25) is 0 Å². The van der Waals surface area contributed by atoms with Crippen molar-refractivity contribution < 1.29 is 31.9 Å². The van der Waals surface area contributed by atoms with Crippen molar-refractivity contribution in [1.29, 1.82) is 0 Å². The van der Waals surface area contributed by atoms with Gasteiger partial charge in [-0.05, 0) is 36.2 Å². The summed E-state index contributed by atoms with van der Waals surface area (Å²) in [7, 11) is 0. The molecular formula is C25H23F5N4O2. The number of nitrogens with zero attached hydrogens (tertiary/aromatic N) is 4. The molecule has 1 N–H and O–H groups in total. The van der Waals surface area contributed by atoms with Gasteiger partial charge < -0.3 is 19.5 Å². The number of β-amino-alcohol motifs (C(OH)–C–C–N with tert-alkyl or cyclic N) is 1. The number of urea groups is 1. The predicted molar refractivity (Wildman–Crippen MR) is 120 cm³/mol. The molecule has 2 aliphatic heterocycles. The Balaban J connectivity index is 1.43. The minimum Gasteiger partial charge on any atom is -0.389 e. The maximum Gasteiger partial charge on any atom is 0.416 e. The topological polar surface area (TPSA) is 61.6 Å². The molecule has 2 fully saturated rings. The maximum atomic E-state index is 14.3. The molecule has 3 aromatic rings. The third kappa shape index (κ3) is 4.79. The van der Waals surface area contributed by atoms with Gasteiger partial charge in [-0.15, -0.1) is 0 Å². The van der Waals surface area contributed by atoms with Crippen LogP contribution in [0, 0.1) is 11.6 Å². The van der Waals surface area contributed by atoms with Crippen LogP contribution in [-0.4, -0.2) is 62.8 Å². The van der Waals surface area contributed by atoms with Crippen molar-refractivity contribution in [3.05, 3.63) is 83.4 Å². The van der Waals surface area contributed by atoms with Crippen LogP contribution in [0.5, 0.6) is 0 Å². The van der Waals surface area contributed by atoms with Gasteiger partial charge in [0.15, 0.2) is 0 Å². The Morgan fingerprint density at radius 3 is 2.28 bits per heavy atom. The third-order valence-electron chi connectivity index (χ3n) is 6.77. The van der Waals surface area contributed by atoms with Crippen LogP contribution in [0.4, 0.5) is 26.7 Å². The Labute approximate surface area is 203 Å². The third-order valence-corrected chi connectivity index (χ3v) is 6.77. The molecule has 2 atom stereocenters. The van der Waals surface area contributed by atoms with Crippen molar-refractivity contribution in [3.63, 3.8) is 0 Å². The number of alkyl halides is 3. The number of imidazole rings is 1. The molecule has 11 heteroatoms. The Hall–Kier alpha value is -3.47. The molecule has 6 nitrogen and oxygen atoms in total. The van der Waals surface area contributed by atoms with Gasteiger partial charge in [0.25, 0.3) is 0 Å². The fraction of sp³-hybridized carbons (Fsp3) is 0.360. The molecule has 2 amide bonds. The Morgan fingerprint density at radius 2 is 1.61 bits per heavy atom. The first-order chi connectivity index (χ1) is 17.1. The van der Waals surface area contributed by atoms with Crippen LogP contribution < -0.4 is 0 Å². The second-order valence-electron chi connectivity index (χ2n) is 9.30. The quantitative estimate of drug-likeness (QED) is 0.531. The number of aliphatic hydroxyl groups is 1. The molecule has 0 bridgehead atoms. The Kier molecular flexibility index (Phi) is 6.19. The van der Waals surface area contributed by atoms with Gasteiger partial charge >= 0.3 is 12.2 Å². The number of aliphatic hydroxyl groups excluding tert-OH is 1. The second kappa shape index (κ2) is 9.20. The first-order valence-electron chi connectivity index (χ1n) is 11.5. The van der Waals surface area contributed by atoms with E-state index in [9.17, 15) is 31.9 Å². The lowest BCUT2D eigenvalue weighted by Gasteiger charge is -2.43. The summed E-state index contributed by atoms with van der Waals surface area (Å²) in [5, 5.41) is 9.60. The molecule has 0 spiro atoms. The molecule has 1 aromatic heterocycles. The standard InChI is InChI=1S/C25H23F5N4O2/c26-19-5-6-21(27)23(8-19)34-13-22(31-14-34)17-7-16(15-1-3-18(4-2-15)25(28,29)30)9-32(10-17)24(36)33-11-20(35)12-33/h1-6,8,13-14,16-17,20,35H,7,9-12H2. The van der Waals surface area contributed by atoms with Gasteiger partial charge in [-0.2, -0.15) is 13.2 Å². The van der Waals surface area contributed by atoms with Crippen LogP contribution in [0.1, 0.15) is 35.1 Å². The molecule has 36 heavy (non-hydrogen) atoms. The smallest absolute Gasteiger partial charge is 0.389 e. The van der Waals surface area contributed by atoms with Crippen LogP contribution >= 0.6 is 0 Å². The SMILES string of the molecule is O=C(N1CC(O)C1)N1CC(c2ccc(C(F)(F)F)cc2)CC(c2cn(-c3cc(F)ccc3F)cn2)C1. The zero-order chi connectivity index (χ0) is 25.6. The van der Waals surface area contributed by atoms with Crippen LogP contribution in [0.15, 0.2) is 55.0 Å². The molecule has 2 aromatic carbocycles. The fourth-order valence-corrected chi connectivity index (χ4v) is 4.83. The first kappa shape index (κ1) is 24.2. The Bertz CT molecular complexity index is 1250. The largest absolute Gasteiger partial charge is 0.416 e. The summed E-state index contributed by atoms with van der Waals surface area (Å²) in [6.45, 7) is 1.04. The minimum atomic E-state index is -4.45. The summed E-state index contributed by atoms with van der Waals surface area (Å²) in [5.74, 6) is -1.79. The van der Waals surface area contributed by atoms with E-state index in [4.69, 9.17) is 0 Å². The monoisotopic (exact) mass is 506 g/mol. The number of rotatable bonds is 3. The second-order valence-corrected chi connectivity index (χ2v) is 9.30. The highest BCUT2D eigenvalue weighted by atomic mass is 19.4. The zero-order valence-electron chi connectivity index (χ0n) is 19.0. The number of halogens is 5. The lowest BCUT2D eigenvalue weighted by molar-refractivity contribution is -0.137. The van der Waals surface area contributed by atoms with E-state index in [-0.39, 0.29) is 36.6 Å². The lowest BCUT2D eigenvalue weighted by atomic mass is 9.83. The van der Waals surface area contributed by atoms with Crippen LogP contribution in [0.2, 0.25) is 0 Å². The van der Waals surface area contributed by atoms with E-state index in [0.29, 0.717) is 30.8 Å². The number of carbonyl (C=O) groups excluding carboxylic acids is 1. The number of hydrogen-bond donors (Lipinski definition) is 1. The number of benzene rings is 2. The molecular weight excluding hydrogens is 483 g/mol. The highest BCUT2D eigenvalue weighted by Crippen LogP contribution is 2.38. The van der Waals surface area contributed by atoms with Gasteiger partial charge in [0.1, 0.15) is 11.6 Å². The van der Waals surface area contributed by atoms with Gasteiger partial charge in [-0.25, -0.2) is 18.6 Å². The van der Waals surface area contributed by atoms with Gasteiger partial charge in [-0.3, -0.25) is 0 Å². The number of aromatic nitrogens is 2. The number of amides is 2. The molecule has 2 saturated heterocycles. The summed E-state index contributed by atoms with van der Waals surface area (Å²) in [4.78, 5) is 20.6. The summed E-state index contributed by atoms with van der Waals surface area (Å²) < 4.78 is 68.4. The van der Waals surface area contributed by atoms with Gasteiger partial charge in [0.05, 0.1) is 42.5 Å². The average molecular weight is 506 g/mol. The minimum absolute atomic E-state index is 0.00801. The summed E-state index contributed by atoms with van der Waals surface area (Å²) in [5.41, 5.74) is 0.449. The van der Waals surface area contributed by atoms with E-state index >= 15 is 0 Å². The van der Waals surface area contributed by atoms with Gasteiger partial charge in [-0.1, -0.05) is 12.1 Å². The highest BCUT2D eigenvalue weighted by Gasteiger charge is 2.38. The van der Waals surface area contributed by atoms with Crippen LogP contribution in [0.3, 0.4) is 0 Å². The zero-order valence-corrected chi connectivity index (χ0v) is 19.0. The van der Waals surface area contributed by atoms with Crippen molar-refractivity contribution in [1.82, 2.24) is 19.4 Å². The normalized spacial score (nSPS) is 20.9. The summed E-state index contributed by atoms with van der Waals surface area (Å²) in [6, 6.07) is 7.72. The summed E-state index contributed by atoms with van der Waals surface area (Å²) in [6.07, 6.45) is -1.58. The van der Waals surface area contributed by atoms with Gasteiger partial charge in [0, 0.05) is 37.2 Å². The van der Waals surface area contributed by atoms with Crippen LogP contribution in [0.25, 0.3) is 5.69 Å². The van der Waals surface area contributed by atoms with E-state index in [2.05, 4.69) is 4.98 Å². The Morgan fingerprint density at radius 1 is 0.944 bits per heavy atom. The first-order valence-corrected chi connectivity index (χ1v) is 11.5. The van der Waals surface area contributed by atoms with E-state index in [1.165, 1.54) is 27.9 Å². The maximum absolute atomic E-state index is 14.3. The van der Waals surface area contributed by atoms with Crippen molar-refractivity contribution in [3.8, 4) is 5.69 Å². The molecule has 2 unspecified atom stereocenters. The molecule has 0 saturated carbocycles. The number of likely N-dealkylation sites (tertiary alicyclic amines) is 2. The van der Waals surface area contributed by atoms with E-state index in [1.807, 2.05) is 0 Å². The van der Waals surface area contributed by atoms with E-state index in [1.54, 1.807) is 11.1 Å². The molecule has 2 aliphatic rings. The van der Waals surface area contributed by atoms with E-state index < -0.39 is 29.5 Å². The van der Waals surface area contributed by atoms with Crippen molar-refractivity contribution in [2.24, 2.45) is 0 Å². The van der Waals surface area contributed by atoms with Crippen molar-refractivity contribution in [2.45, 2.75) is 30.5 Å². The fourth-order valence-electron chi connectivity index (χ4n) is 4.83. The number of hydrogen-bond acceptors (Lipinski definition) is 3. The van der Waals surface area contributed by atoms with E-state index in [0.717, 1.165) is 30.3 Å². The highest BCUT2D eigenvalue weighted by molar-refractivity contribution is 5.75. The number of piperidine rings is 1. The predicted octanol–water partition coefficient (Wildman–Crippen LogP) is 4.54. The van der Waals surface area contributed by atoms with Crippen LogP contribution in [-0.2, 0) is 6.18 Å². The average Bonchev–Trinajstić information content (AvgIpc) is 3.32. The van der Waals surface area contributed by atoms with Crippen molar-refractivity contribution in [2.75, 3.05) is 26.2 Å². The summed E-state index contributed by atoms with van der Waals surface area (Å²) >= 11 is 0.